The van der Waals surface area contributed by atoms with Gasteiger partial charge in [-0.1, -0.05) is 82.9 Å². The summed E-state index contributed by atoms with van der Waals surface area (Å²) in [5.41, 5.74) is 0. The third-order valence-corrected chi connectivity index (χ3v) is 19.5. The molecule has 0 heterocycles. The molecule has 5 saturated carbocycles. The number of alkyl halides is 4. The Morgan fingerprint density at radius 3 is 0.800 bits per heavy atom. The first kappa shape index (κ1) is 26.3. The van der Waals surface area contributed by atoms with Crippen molar-refractivity contribution in [2.24, 2.45) is 82.9 Å². The van der Waals surface area contributed by atoms with Gasteiger partial charge in [0, 0.05) is 0 Å². The molecule has 0 amide bonds. The first-order chi connectivity index (χ1) is 19.0. The van der Waals surface area contributed by atoms with E-state index in [0.29, 0.717) is 43.8 Å². The predicted octanol–water partition coefficient (Wildman–Crippen LogP) is 10.3. The monoisotopic (exact) mass is 692 g/mol. The van der Waals surface area contributed by atoms with Crippen LogP contribution in [0, 0.1) is 82.9 Å². The van der Waals surface area contributed by atoms with Crippen molar-refractivity contribution < 1.29 is 0 Å². The van der Waals surface area contributed by atoms with Crippen molar-refractivity contribution >= 4 is 92.8 Å². The Morgan fingerprint density at radius 1 is 0.375 bits per heavy atom. The molecule has 15 rings (SSSR count). The Morgan fingerprint density at radius 2 is 0.600 bits per heavy atom. The van der Waals surface area contributed by atoms with Gasteiger partial charge >= 0.3 is 0 Å². The second kappa shape index (κ2) is 7.69. The quantitative estimate of drug-likeness (QED) is 0.175. The van der Waals surface area contributed by atoms with Gasteiger partial charge in [-0.25, -0.2) is 0 Å². The zero-order valence-corrected chi connectivity index (χ0v) is 27.4. The summed E-state index contributed by atoms with van der Waals surface area (Å²) < 4.78 is 0. The van der Waals surface area contributed by atoms with Crippen LogP contribution in [0.2, 0.25) is 0 Å². The SMILES string of the molecule is ClC1=C(Cl)[C@]2(Cl)[C@H]3[C@H]([C@H]4C=C[C@@H]3CC4)[C@@]1(Cl)[C@@H]1C3C=CC([C@@H]12)[C@H]1[C@H]3[C@@]2(Cl)C(Cl)=C(Cl)[C@]1(Cl)[C@H]1[C@H]2[C@H]2C=C[C@@H]1CC2. The summed E-state index contributed by atoms with van der Waals surface area (Å²) in [5, 5.41) is 2.26. The van der Waals surface area contributed by atoms with Crippen LogP contribution >= 0.6 is 92.8 Å². The van der Waals surface area contributed by atoms with E-state index in [1.807, 2.05) is 0 Å². The van der Waals surface area contributed by atoms with Crippen LogP contribution in [0.5, 0.6) is 0 Å². The number of hydrogen-bond acceptors (Lipinski definition) is 0. The largest absolute Gasteiger partial charge is 0.112 e. The lowest BCUT2D eigenvalue weighted by Gasteiger charge is -2.79. The van der Waals surface area contributed by atoms with Crippen LogP contribution in [-0.2, 0) is 0 Å². The molecule has 0 nitrogen and oxygen atoms in total. The van der Waals surface area contributed by atoms with Crippen molar-refractivity contribution in [2.45, 2.75) is 45.2 Å². The second-order valence-electron chi connectivity index (χ2n) is 14.7. The number of halogens is 8. The lowest BCUT2D eigenvalue weighted by molar-refractivity contribution is -0.169. The summed E-state index contributed by atoms with van der Waals surface area (Å²) in [4.78, 5) is -3.20. The van der Waals surface area contributed by atoms with Crippen molar-refractivity contribution in [3.05, 3.63) is 56.6 Å². The minimum atomic E-state index is -0.800. The summed E-state index contributed by atoms with van der Waals surface area (Å²) in [5.74, 6) is 2.02. The molecular formula is C32H28Cl8. The average Bonchev–Trinajstić information content (AvgIpc) is 2.99. The Bertz CT molecular complexity index is 1240. The molecule has 0 aromatic rings. The standard InChI is InChI=1S/C32H28Cl8/c33-25-26(34)30(38)18-12-2-1-11(3-4-12)17(18)29(25,37)21-15-9-10-16(22(21)30)24-23(15)31(39)19-13-5-7-14(8-6-13)20(19)32(24,40)28(36)27(31)35/h1-2,5,7,9-24H,3-4,6,8H2/t11-,12+,13-,14+,15?,16?,17-,18-,19-,20+,21+,22+,23+,24-,29+,30-,31+,32-/m1/s1. The second-order valence-corrected chi connectivity index (χ2v) is 18.7. The molecule has 15 aliphatic carbocycles. The van der Waals surface area contributed by atoms with Crippen molar-refractivity contribution in [2.75, 3.05) is 0 Å². The maximum Gasteiger partial charge on any atom is 0.0887 e. The molecule has 5 fully saturated rings. The van der Waals surface area contributed by atoms with E-state index in [0.717, 1.165) is 25.7 Å². The molecule has 0 aromatic carbocycles. The highest BCUT2D eigenvalue weighted by Crippen LogP contribution is 2.84. The lowest BCUT2D eigenvalue weighted by atomic mass is 9.30. The fourth-order valence-electron chi connectivity index (χ4n) is 13.3. The fourth-order valence-corrected chi connectivity index (χ4v) is 17.8. The third kappa shape index (κ3) is 2.38. The molecule has 0 radical (unpaired) electrons. The molecule has 212 valence electrons. The number of rotatable bonds is 0. The smallest absolute Gasteiger partial charge is 0.0887 e. The summed E-state index contributed by atoms with van der Waals surface area (Å²) in [7, 11) is 0. The topological polar surface area (TPSA) is 0 Å². The predicted molar refractivity (Wildman–Crippen MR) is 167 cm³/mol. The van der Waals surface area contributed by atoms with Gasteiger partial charge in [-0.2, -0.15) is 0 Å². The highest BCUT2D eigenvalue weighted by atomic mass is 35.5. The minimum Gasteiger partial charge on any atom is -0.112 e. The first-order valence-electron chi connectivity index (χ1n) is 15.0. The Kier molecular flexibility index (Phi) is 5.05. The van der Waals surface area contributed by atoms with Crippen LogP contribution in [-0.4, -0.2) is 19.5 Å². The van der Waals surface area contributed by atoms with E-state index >= 15 is 0 Å². The lowest BCUT2D eigenvalue weighted by Crippen LogP contribution is -2.81. The number of fused-ring (bicyclic) bond motifs is 2. The van der Waals surface area contributed by atoms with E-state index in [4.69, 9.17) is 92.8 Å². The molecule has 0 saturated heterocycles. The molecule has 0 aromatic heterocycles. The van der Waals surface area contributed by atoms with E-state index in [9.17, 15) is 0 Å². The number of allylic oxidation sites excluding steroid dienone is 10. The van der Waals surface area contributed by atoms with Crippen molar-refractivity contribution in [3.63, 3.8) is 0 Å². The minimum absolute atomic E-state index is 0.000158. The summed E-state index contributed by atoms with van der Waals surface area (Å²) >= 11 is 61.4. The summed E-state index contributed by atoms with van der Waals surface area (Å²) in [6.07, 6.45) is 18.7. The Hall–Kier alpha value is 1.02. The molecule has 15 aliphatic rings. The third-order valence-electron chi connectivity index (χ3n) is 14.1. The van der Waals surface area contributed by atoms with Crippen LogP contribution < -0.4 is 0 Å². The van der Waals surface area contributed by atoms with Gasteiger partial charge in [-0.3, -0.25) is 0 Å². The van der Waals surface area contributed by atoms with Gasteiger partial charge in [0.2, 0.25) is 0 Å². The molecule has 2 unspecified atom stereocenters. The summed E-state index contributed by atoms with van der Waals surface area (Å²) in [6.45, 7) is 0. The van der Waals surface area contributed by atoms with Crippen molar-refractivity contribution in [1.29, 1.82) is 0 Å². The molecule has 0 N–H and O–H groups in total. The van der Waals surface area contributed by atoms with Crippen LogP contribution in [0.1, 0.15) is 25.7 Å². The number of hydrogen-bond donors (Lipinski definition) is 0. The maximum atomic E-state index is 8.06. The first-order valence-corrected chi connectivity index (χ1v) is 18.0. The highest BCUT2D eigenvalue weighted by molar-refractivity contribution is 6.51. The van der Waals surface area contributed by atoms with E-state index in [2.05, 4.69) is 36.5 Å². The molecule has 0 spiro atoms. The zero-order valence-electron chi connectivity index (χ0n) is 21.4. The maximum absolute atomic E-state index is 8.06. The fraction of sp³-hybridized carbons (Fsp3) is 0.688. The Balaban J connectivity index is 1.24. The average molecular weight is 696 g/mol. The van der Waals surface area contributed by atoms with E-state index < -0.39 is 19.5 Å². The molecule has 0 aliphatic heterocycles. The molecule has 40 heavy (non-hydrogen) atoms. The van der Waals surface area contributed by atoms with E-state index in [1.165, 1.54) is 0 Å². The van der Waals surface area contributed by atoms with Crippen LogP contribution in [0.3, 0.4) is 0 Å². The van der Waals surface area contributed by atoms with Gasteiger partial charge in [0.1, 0.15) is 0 Å². The normalized spacial score (nSPS) is 66.0. The van der Waals surface area contributed by atoms with Gasteiger partial charge in [-0.05, 0) is 109 Å². The van der Waals surface area contributed by atoms with Crippen molar-refractivity contribution in [1.82, 2.24) is 0 Å². The zero-order chi connectivity index (χ0) is 27.5. The van der Waals surface area contributed by atoms with E-state index in [-0.39, 0.29) is 59.2 Å². The van der Waals surface area contributed by atoms with Crippen molar-refractivity contribution in [3.8, 4) is 0 Å². The van der Waals surface area contributed by atoms with Crippen LogP contribution in [0.4, 0.5) is 0 Å². The Labute approximate surface area is 275 Å². The molecule has 18 atom stereocenters. The van der Waals surface area contributed by atoms with Crippen LogP contribution in [0.25, 0.3) is 0 Å². The van der Waals surface area contributed by atoms with Gasteiger partial charge in [0.25, 0.3) is 0 Å². The summed E-state index contributed by atoms with van der Waals surface area (Å²) in [6, 6.07) is 0. The highest BCUT2D eigenvalue weighted by Gasteiger charge is 2.84. The molecular weight excluding hydrogens is 668 g/mol. The van der Waals surface area contributed by atoms with Gasteiger partial charge in [0.15, 0.2) is 0 Å². The van der Waals surface area contributed by atoms with Gasteiger partial charge in [-0.15, -0.1) is 46.4 Å². The molecule has 8 heteroatoms. The molecule has 10 bridgehead atoms. The van der Waals surface area contributed by atoms with Gasteiger partial charge in [0.05, 0.1) is 39.6 Å². The van der Waals surface area contributed by atoms with Crippen LogP contribution in [0.15, 0.2) is 56.6 Å². The van der Waals surface area contributed by atoms with E-state index in [1.54, 1.807) is 0 Å². The van der Waals surface area contributed by atoms with Gasteiger partial charge < -0.3 is 0 Å².